The highest BCUT2D eigenvalue weighted by atomic mass is 32.1. The lowest BCUT2D eigenvalue weighted by Crippen LogP contribution is -2.34. The van der Waals surface area contributed by atoms with Gasteiger partial charge in [0.1, 0.15) is 17.3 Å². The zero-order valence-corrected chi connectivity index (χ0v) is 13.2. The summed E-state index contributed by atoms with van der Waals surface area (Å²) < 4.78 is 13.4. The number of rotatable bonds is 1. The standard InChI is InChI=1S/C15H10FN5O3S/c16-6-3-1-5(2-4-6)7-8-11(19-15(25)21-12(8)22)17-10-9(7)18-14(24)20-13(10)23/h1-4,7H,(H2,18,20,23,24)(H3,17,19,21,22,25). The molecule has 5 N–H and O–H groups in total. The van der Waals surface area contributed by atoms with E-state index in [0.717, 1.165) is 0 Å². The number of aromatic amines is 4. The van der Waals surface area contributed by atoms with Crippen LogP contribution in [0.2, 0.25) is 0 Å². The Balaban J connectivity index is 2.11. The first-order chi connectivity index (χ1) is 11.9. The Morgan fingerprint density at radius 1 is 0.920 bits per heavy atom. The first-order valence-electron chi connectivity index (χ1n) is 7.19. The maximum atomic E-state index is 13.3. The molecule has 0 aliphatic carbocycles. The molecular weight excluding hydrogens is 349 g/mol. The van der Waals surface area contributed by atoms with Gasteiger partial charge in [-0.2, -0.15) is 0 Å². The molecule has 10 heteroatoms. The van der Waals surface area contributed by atoms with E-state index < -0.39 is 28.5 Å². The Hall–Kier alpha value is -3.27. The van der Waals surface area contributed by atoms with Gasteiger partial charge in [-0.15, -0.1) is 0 Å². The number of nitrogens with one attached hydrogen (secondary N) is 5. The normalized spacial score (nSPS) is 15.2. The summed E-state index contributed by atoms with van der Waals surface area (Å²) in [7, 11) is 0. The molecule has 1 unspecified atom stereocenters. The lowest BCUT2D eigenvalue weighted by atomic mass is 9.86. The van der Waals surface area contributed by atoms with Crippen molar-refractivity contribution in [3.8, 4) is 0 Å². The first kappa shape index (κ1) is 15.3. The van der Waals surface area contributed by atoms with Crippen molar-refractivity contribution < 1.29 is 4.39 Å². The summed E-state index contributed by atoms with van der Waals surface area (Å²) in [6.45, 7) is 0. The van der Waals surface area contributed by atoms with Crippen molar-refractivity contribution in [2.75, 3.05) is 5.32 Å². The number of anilines is 2. The number of hydrogen-bond donors (Lipinski definition) is 5. The maximum absolute atomic E-state index is 13.3. The fraction of sp³-hybridized carbons (Fsp3) is 0.0667. The van der Waals surface area contributed by atoms with Crippen LogP contribution in [0.4, 0.5) is 15.9 Å². The Bertz CT molecular complexity index is 1220. The van der Waals surface area contributed by atoms with Gasteiger partial charge in [0, 0.05) is 0 Å². The molecule has 3 heterocycles. The SMILES string of the molecule is O=c1[nH]c2c(c(=O)[nH]1)Nc1[nH]c(=S)[nH]c(=O)c1C2c1ccc(F)cc1. The zero-order valence-electron chi connectivity index (χ0n) is 12.4. The number of benzene rings is 1. The Morgan fingerprint density at radius 3 is 2.36 bits per heavy atom. The van der Waals surface area contributed by atoms with Gasteiger partial charge in [0.25, 0.3) is 11.1 Å². The van der Waals surface area contributed by atoms with Gasteiger partial charge in [-0.25, -0.2) is 9.18 Å². The van der Waals surface area contributed by atoms with Crippen molar-refractivity contribution in [1.82, 2.24) is 19.9 Å². The van der Waals surface area contributed by atoms with Crippen molar-refractivity contribution in [2.45, 2.75) is 5.92 Å². The minimum Gasteiger partial charge on any atom is -0.335 e. The minimum atomic E-state index is -0.780. The summed E-state index contributed by atoms with van der Waals surface area (Å²) in [5.74, 6) is -0.982. The molecule has 0 spiro atoms. The fourth-order valence-electron chi connectivity index (χ4n) is 2.97. The van der Waals surface area contributed by atoms with Gasteiger partial charge >= 0.3 is 5.69 Å². The highest BCUT2D eigenvalue weighted by Gasteiger charge is 2.32. The Kier molecular flexibility index (Phi) is 3.29. The Labute approximate surface area is 142 Å². The summed E-state index contributed by atoms with van der Waals surface area (Å²) in [5, 5.41) is 2.80. The van der Waals surface area contributed by atoms with E-state index in [2.05, 4.69) is 25.3 Å². The van der Waals surface area contributed by atoms with Crippen LogP contribution in [0.3, 0.4) is 0 Å². The number of fused-ring (bicyclic) bond motifs is 2. The van der Waals surface area contributed by atoms with Crippen LogP contribution in [0.15, 0.2) is 38.6 Å². The van der Waals surface area contributed by atoms with Gasteiger partial charge < -0.3 is 15.3 Å². The molecule has 126 valence electrons. The van der Waals surface area contributed by atoms with Crippen LogP contribution >= 0.6 is 12.2 Å². The van der Waals surface area contributed by atoms with E-state index in [-0.39, 0.29) is 27.5 Å². The number of halogens is 1. The van der Waals surface area contributed by atoms with Crippen LogP contribution in [0.1, 0.15) is 22.7 Å². The smallest absolute Gasteiger partial charge is 0.326 e. The quantitative estimate of drug-likeness (QED) is 0.326. The third-order valence-corrected chi connectivity index (χ3v) is 4.19. The molecule has 2 aromatic heterocycles. The second kappa shape index (κ2) is 5.38. The molecule has 4 rings (SSSR count). The third-order valence-electron chi connectivity index (χ3n) is 3.98. The summed E-state index contributed by atoms with van der Waals surface area (Å²) in [5.41, 5.74) is -0.775. The number of H-pyrrole nitrogens is 4. The second-order valence-electron chi connectivity index (χ2n) is 5.50. The van der Waals surface area contributed by atoms with Crippen molar-refractivity contribution in [3.63, 3.8) is 0 Å². The fourth-order valence-corrected chi connectivity index (χ4v) is 3.17. The molecule has 1 aliphatic rings. The predicted octanol–water partition coefficient (Wildman–Crippen LogP) is 1.19. The third kappa shape index (κ3) is 2.43. The molecule has 8 nitrogen and oxygen atoms in total. The molecule has 0 saturated heterocycles. The van der Waals surface area contributed by atoms with Gasteiger partial charge in [-0.3, -0.25) is 19.6 Å². The lowest BCUT2D eigenvalue weighted by Gasteiger charge is -2.27. The van der Waals surface area contributed by atoms with E-state index in [9.17, 15) is 18.8 Å². The molecule has 0 saturated carbocycles. The zero-order chi connectivity index (χ0) is 17.7. The van der Waals surface area contributed by atoms with E-state index in [1.54, 1.807) is 0 Å². The summed E-state index contributed by atoms with van der Waals surface area (Å²) in [6.07, 6.45) is 0. The van der Waals surface area contributed by atoms with Gasteiger partial charge in [0.05, 0.1) is 17.2 Å². The Morgan fingerprint density at radius 2 is 1.64 bits per heavy atom. The van der Waals surface area contributed by atoms with Crippen LogP contribution in [0.25, 0.3) is 0 Å². The van der Waals surface area contributed by atoms with E-state index in [1.165, 1.54) is 24.3 Å². The van der Waals surface area contributed by atoms with Crippen LogP contribution in [-0.4, -0.2) is 19.9 Å². The molecule has 0 amide bonds. The van der Waals surface area contributed by atoms with Crippen LogP contribution in [0, 0.1) is 10.6 Å². The number of hydrogen-bond acceptors (Lipinski definition) is 5. The van der Waals surface area contributed by atoms with Gasteiger partial charge in [0.2, 0.25) is 0 Å². The van der Waals surface area contributed by atoms with Crippen molar-refractivity contribution in [1.29, 1.82) is 0 Å². The topological polar surface area (TPSA) is 126 Å². The summed E-state index contributed by atoms with van der Waals surface area (Å²) in [4.78, 5) is 46.3. The molecule has 0 radical (unpaired) electrons. The molecular formula is C15H10FN5O3S. The van der Waals surface area contributed by atoms with E-state index in [0.29, 0.717) is 5.56 Å². The summed E-state index contributed by atoms with van der Waals surface area (Å²) in [6, 6.07) is 5.45. The highest BCUT2D eigenvalue weighted by molar-refractivity contribution is 7.71. The van der Waals surface area contributed by atoms with Gasteiger partial charge in [-0.1, -0.05) is 12.1 Å². The highest BCUT2D eigenvalue weighted by Crippen LogP contribution is 2.39. The van der Waals surface area contributed by atoms with Gasteiger partial charge in [0.15, 0.2) is 4.77 Å². The molecule has 3 aromatic rings. The lowest BCUT2D eigenvalue weighted by molar-refractivity contribution is 0.626. The van der Waals surface area contributed by atoms with Crippen molar-refractivity contribution in [2.24, 2.45) is 0 Å². The van der Waals surface area contributed by atoms with Crippen molar-refractivity contribution >= 4 is 23.7 Å². The van der Waals surface area contributed by atoms with E-state index in [1.807, 2.05) is 0 Å². The van der Waals surface area contributed by atoms with Crippen LogP contribution in [-0.2, 0) is 0 Å². The average Bonchev–Trinajstić information content (AvgIpc) is 2.54. The van der Waals surface area contributed by atoms with E-state index in [4.69, 9.17) is 12.2 Å². The van der Waals surface area contributed by atoms with E-state index >= 15 is 0 Å². The maximum Gasteiger partial charge on any atom is 0.326 e. The van der Waals surface area contributed by atoms with Crippen LogP contribution < -0.4 is 22.1 Å². The number of aromatic nitrogens is 4. The summed E-state index contributed by atoms with van der Waals surface area (Å²) >= 11 is 4.97. The largest absolute Gasteiger partial charge is 0.335 e. The molecule has 1 aliphatic heterocycles. The minimum absolute atomic E-state index is 0.0812. The molecule has 1 atom stereocenters. The first-order valence-corrected chi connectivity index (χ1v) is 7.60. The molecule has 0 bridgehead atoms. The van der Waals surface area contributed by atoms with Crippen LogP contribution in [0.5, 0.6) is 0 Å². The van der Waals surface area contributed by atoms with Gasteiger partial charge in [-0.05, 0) is 29.9 Å². The average molecular weight is 359 g/mol. The molecule has 0 fully saturated rings. The monoisotopic (exact) mass is 359 g/mol. The van der Waals surface area contributed by atoms with Crippen molar-refractivity contribution in [3.05, 3.63) is 82.9 Å². The molecule has 25 heavy (non-hydrogen) atoms. The predicted molar refractivity (Wildman–Crippen MR) is 90.6 cm³/mol. The molecule has 1 aromatic carbocycles. The second-order valence-corrected chi connectivity index (χ2v) is 5.91.